The third-order valence-corrected chi connectivity index (χ3v) is 4.04. The van der Waals surface area contributed by atoms with Crippen LogP contribution >= 0.6 is 0 Å². The van der Waals surface area contributed by atoms with Crippen molar-refractivity contribution in [2.75, 3.05) is 7.11 Å². The molecule has 3 nitrogen and oxygen atoms in total. The first-order valence-electron chi connectivity index (χ1n) is 6.78. The van der Waals surface area contributed by atoms with Crippen LogP contribution in [0.4, 0.5) is 0 Å². The zero-order chi connectivity index (χ0) is 13.4. The van der Waals surface area contributed by atoms with Gasteiger partial charge in [0.05, 0.1) is 7.11 Å². The summed E-state index contributed by atoms with van der Waals surface area (Å²) >= 11 is 0. The summed E-state index contributed by atoms with van der Waals surface area (Å²) in [7, 11) is 1.65. The first kappa shape index (κ1) is 12.3. The van der Waals surface area contributed by atoms with Crippen molar-refractivity contribution >= 4 is 16.8 Å². The lowest BCUT2D eigenvalue weighted by Gasteiger charge is -2.19. The highest BCUT2D eigenvalue weighted by atomic mass is 16.5. The lowest BCUT2D eigenvalue weighted by atomic mass is 9.85. The SMILES string of the molecule is COc1ccc2c(C)c(C3CCCC(=O)C3)oc2c1. The maximum Gasteiger partial charge on any atom is 0.138 e. The Morgan fingerprint density at radius 2 is 2.21 bits per heavy atom. The van der Waals surface area contributed by atoms with Gasteiger partial charge in [-0.1, -0.05) is 0 Å². The number of furan rings is 1. The van der Waals surface area contributed by atoms with E-state index in [0.717, 1.165) is 47.3 Å². The molecule has 1 fully saturated rings. The molecular formula is C16H18O3. The molecule has 1 aliphatic rings. The lowest BCUT2D eigenvalue weighted by molar-refractivity contribution is -0.120. The van der Waals surface area contributed by atoms with E-state index in [2.05, 4.69) is 6.92 Å². The topological polar surface area (TPSA) is 39.4 Å². The zero-order valence-corrected chi connectivity index (χ0v) is 11.4. The van der Waals surface area contributed by atoms with E-state index < -0.39 is 0 Å². The number of carbonyl (C=O) groups is 1. The van der Waals surface area contributed by atoms with Crippen LogP contribution in [-0.2, 0) is 4.79 Å². The average Bonchev–Trinajstić information content (AvgIpc) is 2.75. The first-order chi connectivity index (χ1) is 9.19. The Kier molecular flexibility index (Phi) is 3.05. The van der Waals surface area contributed by atoms with Gasteiger partial charge in [-0.3, -0.25) is 4.79 Å². The molecule has 1 atom stereocenters. The fraction of sp³-hybridized carbons (Fsp3) is 0.438. The zero-order valence-electron chi connectivity index (χ0n) is 11.4. The van der Waals surface area contributed by atoms with Crippen LogP contribution in [0.3, 0.4) is 0 Å². The van der Waals surface area contributed by atoms with Gasteiger partial charge in [-0.2, -0.15) is 0 Å². The number of fused-ring (bicyclic) bond motifs is 1. The van der Waals surface area contributed by atoms with Gasteiger partial charge in [0.2, 0.25) is 0 Å². The molecule has 100 valence electrons. The molecule has 0 saturated heterocycles. The van der Waals surface area contributed by atoms with Crippen molar-refractivity contribution in [3.8, 4) is 5.75 Å². The fourth-order valence-electron chi connectivity index (χ4n) is 2.99. The maximum atomic E-state index is 11.6. The Morgan fingerprint density at radius 3 is 2.95 bits per heavy atom. The normalized spacial score (nSPS) is 19.9. The van der Waals surface area contributed by atoms with Crippen LogP contribution in [0.25, 0.3) is 11.0 Å². The smallest absolute Gasteiger partial charge is 0.138 e. The number of ether oxygens (including phenoxy) is 1. The van der Waals surface area contributed by atoms with E-state index in [1.54, 1.807) is 7.11 Å². The minimum absolute atomic E-state index is 0.250. The van der Waals surface area contributed by atoms with Crippen LogP contribution in [0.2, 0.25) is 0 Å². The van der Waals surface area contributed by atoms with Gasteiger partial charge in [-0.05, 0) is 37.5 Å². The maximum absolute atomic E-state index is 11.6. The van der Waals surface area contributed by atoms with Crippen molar-refractivity contribution in [2.24, 2.45) is 0 Å². The van der Waals surface area contributed by atoms with Crippen LogP contribution in [0.15, 0.2) is 22.6 Å². The standard InChI is InChI=1S/C16H18O3/c1-10-14-7-6-13(18-2)9-15(14)19-16(10)11-4-3-5-12(17)8-11/h6-7,9,11H,3-5,8H2,1-2H3. The van der Waals surface area contributed by atoms with Gasteiger partial charge in [0.1, 0.15) is 22.9 Å². The van der Waals surface area contributed by atoms with Crippen LogP contribution in [0.1, 0.15) is 42.9 Å². The number of rotatable bonds is 2. The highest BCUT2D eigenvalue weighted by Gasteiger charge is 2.26. The van der Waals surface area contributed by atoms with Gasteiger partial charge in [-0.25, -0.2) is 0 Å². The van der Waals surface area contributed by atoms with Gasteiger partial charge in [0, 0.05) is 30.2 Å². The van der Waals surface area contributed by atoms with E-state index in [9.17, 15) is 4.79 Å². The fourth-order valence-corrected chi connectivity index (χ4v) is 2.99. The molecule has 1 aliphatic carbocycles. The van der Waals surface area contributed by atoms with Crippen molar-refractivity contribution in [2.45, 2.75) is 38.5 Å². The van der Waals surface area contributed by atoms with E-state index >= 15 is 0 Å². The second-order valence-electron chi connectivity index (χ2n) is 5.29. The second kappa shape index (κ2) is 4.72. The molecule has 0 aliphatic heterocycles. The number of benzene rings is 1. The van der Waals surface area contributed by atoms with E-state index in [-0.39, 0.29) is 5.92 Å². The number of carbonyl (C=O) groups excluding carboxylic acids is 1. The van der Waals surface area contributed by atoms with Crippen molar-refractivity contribution in [1.29, 1.82) is 0 Å². The summed E-state index contributed by atoms with van der Waals surface area (Å²) in [5.74, 6) is 2.39. The molecule has 1 saturated carbocycles. The van der Waals surface area contributed by atoms with E-state index in [1.165, 1.54) is 0 Å². The summed E-state index contributed by atoms with van der Waals surface area (Å²) in [6.07, 6.45) is 3.37. The molecule has 1 aromatic heterocycles. The minimum Gasteiger partial charge on any atom is -0.497 e. The summed E-state index contributed by atoms with van der Waals surface area (Å²) in [6.45, 7) is 2.08. The highest BCUT2D eigenvalue weighted by molar-refractivity contribution is 5.84. The Morgan fingerprint density at radius 1 is 1.37 bits per heavy atom. The van der Waals surface area contributed by atoms with Crippen molar-refractivity contribution in [3.05, 3.63) is 29.5 Å². The summed E-state index contributed by atoms with van der Waals surface area (Å²) in [4.78, 5) is 11.6. The van der Waals surface area contributed by atoms with Gasteiger partial charge >= 0.3 is 0 Å². The molecule has 0 N–H and O–H groups in total. The average molecular weight is 258 g/mol. The number of hydrogen-bond donors (Lipinski definition) is 0. The molecule has 0 amide bonds. The number of methoxy groups -OCH3 is 1. The van der Waals surface area contributed by atoms with Crippen LogP contribution < -0.4 is 4.74 Å². The number of Topliss-reactive ketones (excluding diaryl/α,β-unsaturated/α-hetero) is 1. The van der Waals surface area contributed by atoms with Crippen LogP contribution in [-0.4, -0.2) is 12.9 Å². The van der Waals surface area contributed by atoms with Crippen LogP contribution in [0.5, 0.6) is 5.75 Å². The molecular weight excluding hydrogens is 240 g/mol. The summed E-state index contributed by atoms with van der Waals surface area (Å²) in [5, 5.41) is 1.12. The highest BCUT2D eigenvalue weighted by Crippen LogP contribution is 2.38. The number of ketones is 1. The van der Waals surface area contributed by atoms with E-state index in [4.69, 9.17) is 9.15 Å². The largest absolute Gasteiger partial charge is 0.497 e. The predicted molar refractivity (Wildman–Crippen MR) is 73.7 cm³/mol. The Hall–Kier alpha value is -1.77. The molecule has 19 heavy (non-hydrogen) atoms. The third kappa shape index (κ3) is 2.14. The molecule has 1 aromatic carbocycles. The van der Waals surface area contributed by atoms with Crippen molar-refractivity contribution < 1.29 is 13.9 Å². The third-order valence-electron chi connectivity index (χ3n) is 4.04. The van der Waals surface area contributed by atoms with Crippen molar-refractivity contribution in [1.82, 2.24) is 0 Å². The summed E-state index contributed by atoms with van der Waals surface area (Å²) < 4.78 is 11.2. The van der Waals surface area contributed by atoms with Gasteiger partial charge in [-0.15, -0.1) is 0 Å². The van der Waals surface area contributed by atoms with Gasteiger partial charge < -0.3 is 9.15 Å². The molecule has 0 bridgehead atoms. The summed E-state index contributed by atoms with van der Waals surface area (Å²) in [5.41, 5.74) is 2.02. The first-order valence-corrected chi connectivity index (χ1v) is 6.78. The molecule has 3 rings (SSSR count). The Labute approximate surface area is 112 Å². The van der Waals surface area contributed by atoms with E-state index in [1.807, 2.05) is 18.2 Å². The van der Waals surface area contributed by atoms with E-state index in [0.29, 0.717) is 12.2 Å². The Bertz CT molecular complexity index is 624. The van der Waals surface area contributed by atoms with Crippen LogP contribution in [0, 0.1) is 6.92 Å². The van der Waals surface area contributed by atoms with Gasteiger partial charge in [0.15, 0.2) is 0 Å². The molecule has 0 radical (unpaired) electrons. The van der Waals surface area contributed by atoms with Gasteiger partial charge in [0.25, 0.3) is 0 Å². The minimum atomic E-state index is 0.250. The molecule has 2 aromatic rings. The number of hydrogen-bond acceptors (Lipinski definition) is 3. The predicted octanol–water partition coefficient (Wildman–Crippen LogP) is 3.98. The number of aryl methyl sites for hydroxylation is 1. The van der Waals surface area contributed by atoms with Crippen molar-refractivity contribution in [3.63, 3.8) is 0 Å². The Balaban J connectivity index is 2.03. The quantitative estimate of drug-likeness (QED) is 0.818. The lowest BCUT2D eigenvalue weighted by Crippen LogP contribution is -2.13. The second-order valence-corrected chi connectivity index (χ2v) is 5.29. The summed E-state index contributed by atoms with van der Waals surface area (Å²) in [6, 6.07) is 5.89. The molecule has 1 heterocycles. The molecule has 1 unspecified atom stereocenters. The monoisotopic (exact) mass is 258 g/mol. The molecule has 0 spiro atoms. The molecule has 3 heteroatoms.